The lowest BCUT2D eigenvalue weighted by molar-refractivity contribution is -0.274. The predicted octanol–water partition coefficient (Wildman–Crippen LogP) is 3.71. The lowest BCUT2D eigenvalue weighted by Gasteiger charge is -2.09. The van der Waals surface area contributed by atoms with Gasteiger partial charge in [-0.1, -0.05) is 17.8 Å². The van der Waals surface area contributed by atoms with E-state index in [9.17, 15) is 18.0 Å². The van der Waals surface area contributed by atoms with Crippen molar-refractivity contribution in [3.8, 4) is 5.75 Å². The highest BCUT2D eigenvalue weighted by Gasteiger charge is 2.30. The van der Waals surface area contributed by atoms with Crippen LogP contribution in [0.3, 0.4) is 0 Å². The Kier molecular flexibility index (Phi) is 5.26. The van der Waals surface area contributed by atoms with Gasteiger partial charge in [0, 0.05) is 11.9 Å². The van der Waals surface area contributed by atoms with Gasteiger partial charge < -0.3 is 10.1 Å². The van der Waals surface area contributed by atoms with Gasteiger partial charge in [-0.2, -0.15) is 0 Å². The molecule has 2 rings (SSSR count). The molecule has 0 saturated carbocycles. The highest BCUT2D eigenvalue weighted by Crippen LogP contribution is 2.24. The monoisotopic (exact) mass is 328 g/mol. The van der Waals surface area contributed by atoms with E-state index in [-0.39, 0.29) is 17.4 Å². The smallest absolute Gasteiger partial charge is 0.406 e. The Morgan fingerprint density at radius 3 is 2.50 bits per heavy atom. The number of halogens is 3. The average molecular weight is 328 g/mol. The summed E-state index contributed by atoms with van der Waals surface area (Å²) < 4.78 is 39.8. The third-order valence-electron chi connectivity index (χ3n) is 2.36. The van der Waals surface area contributed by atoms with E-state index in [1.54, 1.807) is 18.3 Å². The Morgan fingerprint density at radius 1 is 1.18 bits per heavy atom. The molecule has 1 amide bonds. The summed E-state index contributed by atoms with van der Waals surface area (Å²) in [5.41, 5.74) is 0.390. The van der Waals surface area contributed by atoms with Crippen LogP contribution in [0, 0.1) is 0 Å². The topological polar surface area (TPSA) is 51.2 Å². The van der Waals surface area contributed by atoms with Crippen LogP contribution in [0.15, 0.2) is 53.7 Å². The third-order valence-corrected chi connectivity index (χ3v) is 3.30. The fourth-order valence-electron chi connectivity index (χ4n) is 1.51. The molecule has 1 aromatic carbocycles. The Balaban J connectivity index is 1.84. The molecule has 0 unspecified atom stereocenters. The van der Waals surface area contributed by atoms with Gasteiger partial charge in [-0.05, 0) is 36.4 Å². The second kappa shape index (κ2) is 7.17. The SMILES string of the molecule is O=C(CSc1ccccn1)Nc1ccc(OC(F)(F)F)cc1. The van der Waals surface area contributed by atoms with Crippen molar-refractivity contribution in [2.45, 2.75) is 11.4 Å². The maximum atomic E-state index is 12.0. The predicted molar refractivity (Wildman–Crippen MR) is 76.7 cm³/mol. The molecule has 0 bridgehead atoms. The van der Waals surface area contributed by atoms with E-state index >= 15 is 0 Å². The zero-order valence-electron chi connectivity index (χ0n) is 11.1. The zero-order chi connectivity index (χ0) is 16.0. The first-order valence-electron chi connectivity index (χ1n) is 6.12. The minimum absolute atomic E-state index is 0.151. The fourth-order valence-corrected chi connectivity index (χ4v) is 2.17. The first-order chi connectivity index (χ1) is 10.4. The third kappa shape index (κ3) is 5.65. The van der Waals surface area contributed by atoms with Crippen LogP contribution in [0.25, 0.3) is 0 Å². The summed E-state index contributed by atoms with van der Waals surface area (Å²) in [7, 11) is 0. The minimum Gasteiger partial charge on any atom is -0.406 e. The molecular formula is C14H11F3N2O2S. The molecule has 4 nitrogen and oxygen atoms in total. The summed E-state index contributed by atoms with van der Waals surface area (Å²) in [6.07, 6.45) is -3.11. The van der Waals surface area contributed by atoms with E-state index < -0.39 is 6.36 Å². The van der Waals surface area contributed by atoms with Gasteiger partial charge in [0.25, 0.3) is 0 Å². The van der Waals surface area contributed by atoms with E-state index in [0.29, 0.717) is 10.7 Å². The maximum absolute atomic E-state index is 12.0. The highest BCUT2D eigenvalue weighted by molar-refractivity contribution is 7.99. The Bertz CT molecular complexity index is 618. The lowest BCUT2D eigenvalue weighted by Crippen LogP contribution is -2.17. The van der Waals surface area contributed by atoms with Gasteiger partial charge in [0.15, 0.2) is 0 Å². The van der Waals surface area contributed by atoms with Gasteiger partial charge >= 0.3 is 6.36 Å². The fraction of sp³-hybridized carbons (Fsp3) is 0.143. The number of nitrogens with zero attached hydrogens (tertiary/aromatic N) is 1. The van der Waals surface area contributed by atoms with Crippen molar-refractivity contribution in [2.75, 3.05) is 11.1 Å². The zero-order valence-corrected chi connectivity index (χ0v) is 11.9. The molecule has 0 atom stereocenters. The molecule has 2 aromatic rings. The minimum atomic E-state index is -4.73. The quantitative estimate of drug-likeness (QED) is 0.850. The number of alkyl halides is 3. The van der Waals surface area contributed by atoms with Crippen molar-refractivity contribution in [2.24, 2.45) is 0 Å². The lowest BCUT2D eigenvalue weighted by atomic mass is 10.3. The molecule has 0 aliphatic carbocycles. The van der Waals surface area contributed by atoms with Crippen molar-refractivity contribution >= 4 is 23.4 Å². The van der Waals surface area contributed by atoms with E-state index in [4.69, 9.17) is 0 Å². The van der Waals surface area contributed by atoms with E-state index in [1.165, 1.54) is 23.9 Å². The number of amides is 1. The maximum Gasteiger partial charge on any atom is 0.573 e. The molecule has 0 radical (unpaired) electrons. The molecule has 0 saturated heterocycles. The first-order valence-corrected chi connectivity index (χ1v) is 7.10. The van der Waals surface area contributed by atoms with Gasteiger partial charge in [-0.25, -0.2) is 4.98 Å². The number of thioether (sulfide) groups is 1. The number of carbonyl (C=O) groups excluding carboxylic acids is 1. The summed E-state index contributed by atoms with van der Waals surface area (Å²) in [5, 5.41) is 3.29. The van der Waals surface area contributed by atoms with E-state index in [1.807, 2.05) is 6.07 Å². The van der Waals surface area contributed by atoms with Crippen molar-refractivity contribution in [1.82, 2.24) is 4.98 Å². The van der Waals surface area contributed by atoms with Crippen LogP contribution in [0.4, 0.5) is 18.9 Å². The Morgan fingerprint density at radius 2 is 1.91 bits per heavy atom. The summed E-state index contributed by atoms with van der Waals surface area (Å²) in [6.45, 7) is 0. The van der Waals surface area contributed by atoms with Crippen LogP contribution < -0.4 is 10.1 Å². The van der Waals surface area contributed by atoms with Crippen LogP contribution in [-0.4, -0.2) is 23.0 Å². The molecule has 1 aromatic heterocycles. The summed E-state index contributed by atoms with van der Waals surface area (Å²) in [5.74, 6) is -0.467. The number of nitrogens with one attached hydrogen (secondary N) is 1. The van der Waals surface area contributed by atoms with Crippen LogP contribution >= 0.6 is 11.8 Å². The molecule has 8 heteroatoms. The normalized spacial score (nSPS) is 11.0. The molecule has 0 spiro atoms. The van der Waals surface area contributed by atoms with E-state index in [2.05, 4.69) is 15.0 Å². The number of rotatable bonds is 5. The number of benzene rings is 1. The van der Waals surface area contributed by atoms with Crippen LogP contribution in [0.1, 0.15) is 0 Å². The molecular weight excluding hydrogens is 317 g/mol. The van der Waals surface area contributed by atoms with Crippen molar-refractivity contribution in [3.63, 3.8) is 0 Å². The molecule has 0 fully saturated rings. The number of anilines is 1. The Labute approximate surface area is 128 Å². The number of carbonyl (C=O) groups is 1. The molecule has 116 valence electrons. The Hall–Kier alpha value is -2.22. The van der Waals surface area contributed by atoms with Gasteiger partial charge in [0.05, 0.1) is 10.8 Å². The summed E-state index contributed by atoms with van der Waals surface area (Å²) in [4.78, 5) is 15.8. The van der Waals surface area contributed by atoms with Gasteiger partial charge in [-0.15, -0.1) is 13.2 Å². The van der Waals surface area contributed by atoms with Crippen LogP contribution in [-0.2, 0) is 4.79 Å². The van der Waals surface area contributed by atoms with Gasteiger partial charge in [0.1, 0.15) is 5.75 Å². The van der Waals surface area contributed by atoms with Gasteiger partial charge in [0.2, 0.25) is 5.91 Å². The van der Waals surface area contributed by atoms with Crippen molar-refractivity contribution in [3.05, 3.63) is 48.7 Å². The number of ether oxygens (including phenoxy) is 1. The second-order valence-electron chi connectivity index (χ2n) is 4.08. The van der Waals surface area contributed by atoms with Crippen LogP contribution in [0.5, 0.6) is 5.75 Å². The number of pyridine rings is 1. The first kappa shape index (κ1) is 16.2. The van der Waals surface area contributed by atoms with E-state index in [0.717, 1.165) is 12.1 Å². The van der Waals surface area contributed by atoms with Gasteiger partial charge in [-0.3, -0.25) is 4.79 Å². The second-order valence-corrected chi connectivity index (χ2v) is 5.07. The van der Waals surface area contributed by atoms with Crippen molar-refractivity contribution in [1.29, 1.82) is 0 Å². The number of hydrogen-bond donors (Lipinski definition) is 1. The molecule has 1 heterocycles. The highest BCUT2D eigenvalue weighted by atomic mass is 32.2. The summed E-state index contributed by atoms with van der Waals surface area (Å²) >= 11 is 1.26. The molecule has 0 aliphatic heterocycles. The molecule has 22 heavy (non-hydrogen) atoms. The average Bonchev–Trinajstić information content (AvgIpc) is 2.47. The number of aromatic nitrogens is 1. The van der Waals surface area contributed by atoms with Crippen molar-refractivity contribution < 1.29 is 22.7 Å². The standard InChI is InChI=1S/C14H11F3N2O2S/c15-14(16,17)21-11-6-4-10(5-7-11)19-12(20)9-22-13-3-1-2-8-18-13/h1-8H,9H2,(H,19,20). The molecule has 0 aliphatic rings. The number of hydrogen-bond acceptors (Lipinski definition) is 4. The largest absolute Gasteiger partial charge is 0.573 e. The van der Waals surface area contributed by atoms with Crippen LogP contribution in [0.2, 0.25) is 0 Å². The molecule has 1 N–H and O–H groups in total. The summed E-state index contributed by atoms with van der Waals surface area (Å²) in [6, 6.07) is 10.3.